The van der Waals surface area contributed by atoms with Crippen molar-refractivity contribution in [3.05, 3.63) is 64.7 Å². The van der Waals surface area contributed by atoms with Gasteiger partial charge < -0.3 is 19.7 Å². The average Bonchev–Trinajstić information content (AvgIpc) is 3.12. The van der Waals surface area contributed by atoms with Crippen LogP contribution in [0.25, 0.3) is 11.1 Å². The van der Waals surface area contributed by atoms with Gasteiger partial charge in [-0.2, -0.15) is 0 Å². The molecule has 0 spiro atoms. The van der Waals surface area contributed by atoms with Gasteiger partial charge in [0.05, 0.1) is 17.8 Å². The number of methoxy groups -OCH3 is 1. The number of benzene rings is 2. The van der Waals surface area contributed by atoms with Crippen molar-refractivity contribution in [2.75, 3.05) is 17.7 Å². The van der Waals surface area contributed by atoms with Crippen LogP contribution in [0.3, 0.4) is 0 Å². The van der Waals surface area contributed by atoms with Crippen LogP contribution >= 0.6 is 11.6 Å². The smallest absolute Gasteiger partial charge is 0.409 e. The second kappa shape index (κ2) is 8.88. The maximum atomic E-state index is 12.8. The van der Waals surface area contributed by atoms with E-state index < -0.39 is 18.0 Å². The van der Waals surface area contributed by atoms with Crippen molar-refractivity contribution >= 4 is 40.9 Å². The van der Waals surface area contributed by atoms with Gasteiger partial charge in [0.2, 0.25) is 0 Å². The number of carboxylic acid groups (broad SMARTS) is 1. The van der Waals surface area contributed by atoms with Crippen molar-refractivity contribution in [1.82, 2.24) is 9.55 Å². The molecule has 3 rings (SSSR count). The summed E-state index contributed by atoms with van der Waals surface area (Å²) in [5, 5.41) is 14.3. The first-order valence-electron chi connectivity index (χ1n) is 9.04. The van der Waals surface area contributed by atoms with Crippen molar-refractivity contribution in [3.8, 4) is 11.1 Å². The van der Waals surface area contributed by atoms with Gasteiger partial charge in [-0.25, -0.2) is 14.6 Å². The first kappa shape index (κ1) is 21.8. The Balaban J connectivity index is 1.94. The van der Waals surface area contributed by atoms with E-state index in [-0.39, 0.29) is 22.2 Å². The van der Waals surface area contributed by atoms with E-state index >= 15 is 0 Å². The van der Waals surface area contributed by atoms with Crippen molar-refractivity contribution in [2.24, 2.45) is 7.05 Å². The molecule has 0 aliphatic heterocycles. The van der Waals surface area contributed by atoms with Crippen LogP contribution in [-0.2, 0) is 11.8 Å². The number of anilines is 2. The molecule has 0 bridgehead atoms. The number of rotatable bonds is 5. The summed E-state index contributed by atoms with van der Waals surface area (Å²) in [6, 6.07) is 10.3. The number of aryl methyl sites for hydroxylation is 1. The average molecular weight is 443 g/mol. The van der Waals surface area contributed by atoms with Crippen molar-refractivity contribution < 1.29 is 24.2 Å². The summed E-state index contributed by atoms with van der Waals surface area (Å²) in [6.45, 7) is 1.80. The number of nitrogens with zero attached hydrogens (tertiary/aromatic N) is 2. The Kier molecular flexibility index (Phi) is 6.26. The van der Waals surface area contributed by atoms with Gasteiger partial charge in [-0.05, 0) is 30.2 Å². The van der Waals surface area contributed by atoms with Gasteiger partial charge >= 0.3 is 12.1 Å². The molecular weight excluding hydrogens is 424 g/mol. The Hall–Kier alpha value is -3.85. The summed E-state index contributed by atoms with van der Waals surface area (Å²) < 4.78 is 6.06. The fourth-order valence-electron chi connectivity index (χ4n) is 3.07. The van der Waals surface area contributed by atoms with Gasteiger partial charge in [0.25, 0.3) is 5.91 Å². The number of halogens is 1. The highest BCUT2D eigenvalue weighted by atomic mass is 35.5. The third-order valence-corrected chi connectivity index (χ3v) is 4.99. The normalized spacial score (nSPS) is 10.5. The molecule has 0 aliphatic carbocycles. The Bertz CT molecular complexity index is 1190. The van der Waals surface area contributed by atoms with E-state index in [0.717, 1.165) is 0 Å². The number of hydrogen-bond acceptors (Lipinski definition) is 5. The van der Waals surface area contributed by atoms with Gasteiger partial charge in [0.15, 0.2) is 11.5 Å². The predicted octanol–water partition coefficient (Wildman–Crippen LogP) is 4.18. The molecule has 0 atom stereocenters. The molecule has 3 N–H and O–H groups in total. The maximum absolute atomic E-state index is 12.8. The number of esters is 1. The number of imidazole rings is 1. The summed E-state index contributed by atoms with van der Waals surface area (Å²) in [7, 11) is 2.83. The number of carbonyl (C=O) groups is 3. The lowest BCUT2D eigenvalue weighted by atomic mass is 9.98. The molecule has 3 aromatic rings. The first-order valence-corrected chi connectivity index (χ1v) is 9.42. The van der Waals surface area contributed by atoms with E-state index in [1.807, 2.05) is 6.07 Å². The van der Waals surface area contributed by atoms with E-state index in [9.17, 15) is 14.4 Å². The van der Waals surface area contributed by atoms with Crippen molar-refractivity contribution in [2.45, 2.75) is 6.92 Å². The van der Waals surface area contributed by atoms with Crippen LogP contribution < -0.4 is 10.6 Å². The van der Waals surface area contributed by atoms with Crippen LogP contribution in [0.5, 0.6) is 0 Å². The van der Waals surface area contributed by atoms with Gasteiger partial charge in [-0.1, -0.05) is 35.9 Å². The number of ether oxygens (including phenoxy) is 1. The zero-order valence-corrected chi connectivity index (χ0v) is 17.6. The van der Waals surface area contributed by atoms with E-state index in [1.54, 1.807) is 44.3 Å². The summed E-state index contributed by atoms with van der Waals surface area (Å²) in [5.74, 6) is -1.11. The monoisotopic (exact) mass is 442 g/mol. The topological polar surface area (TPSA) is 123 Å². The molecule has 160 valence electrons. The molecular formula is C21H19ClN4O5. The minimum Gasteiger partial charge on any atom is -0.465 e. The number of hydrogen-bond donors (Lipinski definition) is 3. The molecule has 9 nitrogen and oxygen atoms in total. The molecule has 10 heteroatoms. The van der Waals surface area contributed by atoms with E-state index in [1.165, 1.54) is 17.9 Å². The van der Waals surface area contributed by atoms with Crippen LogP contribution in [0.15, 0.2) is 42.6 Å². The number of nitrogens with one attached hydrogen (secondary N) is 2. The molecule has 0 fully saturated rings. The minimum absolute atomic E-state index is 0.0233. The summed E-state index contributed by atoms with van der Waals surface area (Å²) in [6.07, 6.45) is 0.184. The SMILES string of the molecule is COC(=O)c1cn(C)c(C(=O)Nc2cccc(-c3cccc(NC(=O)O)c3Cl)c2C)n1. The largest absolute Gasteiger partial charge is 0.465 e. The molecule has 2 amide bonds. The molecule has 0 radical (unpaired) electrons. The van der Waals surface area contributed by atoms with Crippen LogP contribution in [-0.4, -0.2) is 39.7 Å². The van der Waals surface area contributed by atoms with Crippen LogP contribution in [0.1, 0.15) is 26.7 Å². The van der Waals surface area contributed by atoms with Crippen molar-refractivity contribution in [1.29, 1.82) is 0 Å². The Labute approximate surface area is 182 Å². The fourth-order valence-corrected chi connectivity index (χ4v) is 3.35. The van der Waals surface area contributed by atoms with Gasteiger partial charge in [0.1, 0.15) is 0 Å². The Morgan fingerprint density at radius 2 is 1.71 bits per heavy atom. The predicted molar refractivity (Wildman–Crippen MR) is 116 cm³/mol. The molecule has 0 aliphatic rings. The van der Waals surface area contributed by atoms with Gasteiger partial charge in [0, 0.05) is 24.5 Å². The summed E-state index contributed by atoms with van der Waals surface area (Å²) in [5.41, 5.74) is 2.82. The van der Waals surface area contributed by atoms with E-state index in [2.05, 4.69) is 20.4 Å². The van der Waals surface area contributed by atoms with Crippen LogP contribution in [0, 0.1) is 6.92 Å². The molecule has 1 aromatic heterocycles. The maximum Gasteiger partial charge on any atom is 0.409 e. The zero-order valence-electron chi connectivity index (χ0n) is 16.9. The third-order valence-electron chi connectivity index (χ3n) is 4.59. The second-order valence-electron chi connectivity index (χ2n) is 6.58. The second-order valence-corrected chi connectivity index (χ2v) is 6.96. The first-order chi connectivity index (χ1) is 14.7. The molecule has 0 unspecified atom stereocenters. The lowest BCUT2D eigenvalue weighted by Crippen LogP contribution is -2.17. The molecule has 2 aromatic carbocycles. The van der Waals surface area contributed by atoms with Gasteiger partial charge in [-0.15, -0.1) is 0 Å². The molecule has 1 heterocycles. The molecule has 0 saturated heterocycles. The third kappa shape index (κ3) is 4.51. The summed E-state index contributed by atoms with van der Waals surface area (Å²) in [4.78, 5) is 39.4. The highest BCUT2D eigenvalue weighted by Crippen LogP contribution is 2.37. The number of amides is 2. The zero-order chi connectivity index (χ0) is 22.7. The number of aromatic nitrogens is 2. The fraction of sp³-hybridized carbons (Fsp3) is 0.143. The Morgan fingerprint density at radius 3 is 2.35 bits per heavy atom. The van der Waals surface area contributed by atoms with Crippen molar-refractivity contribution in [3.63, 3.8) is 0 Å². The standard InChI is InChI=1S/C21H19ClN4O5/c1-11-12(13-7-5-9-15(17(13)22)25-21(29)30)6-4-8-14(11)24-19(27)18-23-16(10-26(18)2)20(28)31-3/h4-10,25H,1-3H3,(H,24,27)(H,29,30). The quantitative estimate of drug-likeness (QED) is 0.509. The van der Waals surface area contributed by atoms with Gasteiger partial charge in [-0.3, -0.25) is 10.1 Å². The van der Waals surface area contributed by atoms with Crippen LogP contribution in [0.2, 0.25) is 5.02 Å². The van der Waals surface area contributed by atoms with E-state index in [4.69, 9.17) is 16.7 Å². The van der Waals surface area contributed by atoms with Crippen LogP contribution in [0.4, 0.5) is 16.2 Å². The summed E-state index contributed by atoms with van der Waals surface area (Å²) >= 11 is 6.41. The lowest BCUT2D eigenvalue weighted by Gasteiger charge is -2.15. The minimum atomic E-state index is -1.22. The number of carbonyl (C=O) groups excluding carboxylic acids is 2. The molecule has 31 heavy (non-hydrogen) atoms. The molecule has 0 saturated carbocycles. The van der Waals surface area contributed by atoms with E-state index in [0.29, 0.717) is 22.4 Å². The Morgan fingerprint density at radius 1 is 1.06 bits per heavy atom. The highest BCUT2D eigenvalue weighted by Gasteiger charge is 2.20. The highest BCUT2D eigenvalue weighted by molar-refractivity contribution is 6.36. The lowest BCUT2D eigenvalue weighted by molar-refractivity contribution is 0.0594.